The number of aromatic nitrogens is 4. The second-order valence-corrected chi connectivity index (χ2v) is 8.39. The Morgan fingerprint density at radius 1 is 0.818 bits per heavy atom. The minimum absolute atomic E-state index is 0.200. The van der Waals surface area contributed by atoms with Crippen LogP contribution in [0.1, 0.15) is 47.0 Å². The van der Waals surface area contributed by atoms with E-state index < -0.39 is 0 Å². The van der Waals surface area contributed by atoms with Gasteiger partial charge in [0, 0.05) is 44.4 Å². The molecule has 1 atom stereocenters. The SMILES string of the molecule is c1ccc(CNCc2ccc(CN(c3cnccn3)C3CCCc4cccnc43)cc2)nc1. The third kappa shape index (κ3) is 5.23. The van der Waals surface area contributed by atoms with Gasteiger partial charge in [-0.3, -0.25) is 15.0 Å². The number of nitrogens with zero attached hydrogens (tertiary/aromatic N) is 5. The molecule has 1 aromatic carbocycles. The van der Waals surface area contributed by atoms with Crippen molar-refractivity contribution in [1.29, 1.82) is 0 Å². The molecule has 6 nitrogen and oxygen atoms in total. The van der Waals surface area contributed by atoms with E-state index in [0.29, 0.717) is 0 Å². The van der Waals surface area contributed by atoms with Crippen molar-refractivity contribution >= 4 is 5.82 Å². The summed E-state index contributed by atoms with van der Waals surface area (Å²) in [5.74, 6) is 0.891. The maximum atomic E-state index is 4.76. The average molecular weight is 437 g/mol. The van der Waals surface area contributed by atoms with Gasteiger partial charge in [0.25, 0.3) is 0 Å². The van der Waals surface area contributed by atoms with Gasteiger partial charge in [0.05, 0.1) is 23.6 Å². The molecule has 0 fully saturated rings. The van der Waals surface area contributed by atoms with Crippen molar-refractivity contribution in [2.24, 2.45) is 0 Å². The number of rotatable bonds is 8. The summed E-state index contributed by atoms with van der Waals surface area (Å²) in [5.41, 5.74) is 6.07. The third-order valence-electron chi connectivity index (χ3n) is 6.12. The molecule has 1 N–H and O–H groups in total. The second-order valence-electron chi connectivity index (χ2n) is 8.39. The molecule has 3 aromatic heterocycles. The highest BCUT2D eigenvalue weighted by Crippen LogP contribution is 2.35. The number of fused-ring (bicyclic) bond motifs is 1. The molecule has 0 saturated heterocycles. The Kier molecular flexibility index (Phi) is 6.63. The normalized spacial score (nSPS) is 15.1. The van der Waals surface area contributed by atoms with E-state index in [9.17, 15) is 0 Å². The first-order valence-electron chi connectivity index (χ1n) is 11.5. The highest BCUT2D eigenvalue weighted by molar-refractivity contribution is 5.43. The molecule has 1 unspecified atom stereocenters. The van der Waals surface area contributed by atoms with E-state index in [1.165, 1.54) is 22.4 Å². The van der Waals surface area contributed by atoms with Crippen LogP contribution in [-0.4, -0.2) is 19.9 Å². The van der Waals surface area contributed by atoms with Gasteiger partial charge in [-0.05, 0) is 54.2 Å². The number of nitrogens with one attached hydrogen (secondary N) is 1. The molecule has 0 aliphatic heterocycles. The van der Waals surface area contributed by atoms with Gasteiger partial charge in [0.1, 0.15) is 5.82 Å². The molecular formula is C27H28N6. The predicted molar refractivity (Wildman–Crippen MR) is 129 cm³/mol. The molecule has 6 heteroatoms. The van der Waals surface area contributed by atoms with Gasteiger partial charge < -0.3 is 10.2 Å². The van der Waals surface area contributed by atoms with Crippen molar-refractivity contribution in [2.45, 2.75) is 44.9 Å². The first-order chi connectivity index (χ1) is 16.4. The maximum Gasteiger partial charge on any atom is 0.147 e. The number of hydrogen-bond acceptors (Lipinski definition) is 6. The van der Waals surface area contributed by atoms with Gasteiger partial charge in [-0.25, -0.2) is 4.98 Å². The van der Waals surface area contributed by atoms with E-state index in [1.54, 1.807) is 12.4 Å². The Hall–Kier alpha value is -3.64. The molecule has 0 amide bonds. The summed E-state index contributed by atoms with van der Waals surface area (Å²) < 4.78 is 0. The molecule has 166 valence electrons. The van der Waals surface area contributed by atoms with Gasteiger partial charge in [0.15, 0.2) is 0 Å². The fraction of sp³-hybridized carbons (Fsp3) is 0.259. The summed E-state index contributed by atoms with van der Waals surface area (Å²) in [6.07, 6.45) is 12.4. The molecule has 33 heavy (non-hydrogen) atoms. The lowest BCUT2D eigenvalue weighted by Gasteiger charge is -2.35. The van der Waals surface area contributed by atoms with Crippen LogP contribution in [0.5, 0.6) is 0 Å². The molecule has 0 spiro atoms. The summed E-state index contributed by atoms with van der Waals surface area (Å²) in [6.45, 7) is 2.34. The zero-order chi connectivity index (χ0) is 22.3. The van der Waals surface area contributed by atoms with Crippen LogP contribution >= 0.6 is 0 Å². The zero-order valence-corrected chi connectivity index (χ0v) is 18.6. The van der Waals surface area contributed by atoms with Crippen LogP contribution < -0.4 is 10.2 Å². The van der Waals surface area contributed by atoms with Crippen molar-refractivity contribution in [3.8, 4) is 0 Å². The van der Waals surface area contributed by atoms with Crippen molar-refractivity contribution in [3.63, 3.8) is 0 Å². The van der Waals surface area contributed by atoms with Crippen LogP contribution in [0.3, 0.4) is 0 Å². The van der Waals surface area contributed by atoms with Crippen molar-refractivity contribution in [1.82, 2.24) is 25.3 Å². The topological polar surface area (TPSA) is 66.8 Å². The summed E-state index contributed by atoms with van der Waals surface area (Å²) in [7, 11) is 0. The largest absolute Gasteiger partial charge is 0.342 e. The number of hydrogen-bond donors (Lipinski definition) is 1. The number of benzene rings is 1. The van der Waals surface area contributed by atoms with Gasteiger partial charge in [-0.2, -0.15) is 0 Å². The van der Waals surface area contributed by atoms with Crippen LogP contribution in [0, 0.1) is 0 Å². The highest BCUT2D eigenvalue weighted by atomic mass is 15.2. The standard InChI is InChI=1S/C27H28N6/c1-2-13-30-24(7-1)18-29-17-21-9-11-22(12-10-21)20-33(26-19-28-15-16-31-26)25-8-3-5-23-6-4-14-32-27(23)25/h1-2,4,6-7,9-16,19,25,29H,3,5,8,17-18,20H2. The summed E-state index contributed by atoms with van der Waals surface area (Å²) in [5, 5.41) is 3.47. The van der Waals surface area contributed by atoms with E-state index in [-0.39, 0.29) is 6.04 Å². The lowest BCUT2D eigenvalue weighted by atomic mass is 9.90. The smallest absolute Gasteiger partial charge is 0.147 e. The van der Waals surface area contributed by atoms with Crippen LogP contribution in [-0.2, 0) is 26.1 Å². The van der Waals surface area contributed by atoms with Crippen molar-refractivity contribution in [2.75, 3.05) is 4.90 Å². The Balaban J connectivity index is 1.31. The molecule has 1 aliphatic rings. The van der Waals surface area contributed by atoms with E-state index in [1.807, 2.05) is 42.9 Å². The predicted octanol–water partition coefficient (Wildman–Crippen LogP) is 4.64. The summed E-state index contributed by atoms with van der Waals surface area (Å²) >= 11 is 0. The Bertz CT molecular complexity index is 1150. The van der Waals surface area contributed by atoms with Crippen molar-refractivity contribution < 1.29 is 0 Å². The lowest BCUT2D eigenvalue weighted by Crippen LogP contribution is -2.32. The number of anilines is 1. The Labute approximate surface area is 194 Å². The van der Waals surface area contributed by atoms with E-state index in [2.05, 4.69) is 55.5 Å². The molecule has 3 heterocycles. The van der Waals surface area contributed by atoms with E-state index in [4.69, 9.17) is 4.98 Å². The lowest BCUT2D eigenvalue weighted by molar-refractivity contribution is 0.501. The third-order valence-corrected chi connectivity index (χ3v) is 6.12. The molecule has 0 saturated carbocycles. The number of aryl methyl sites for hydroxylation is 1. The second kappa shape index (κ2) is 10.3. The first-order valence-corrected chi connectivity index (χ1v) is 11.5. The van der Waals surface area contributed by atoms with Gasteiger partial charge in [-0.15, -0.1) is 0 Å². The van der Waals surface area contributed by atoms with Crippen LogP contribution in [0.25, 0.3) is 0 Å². The van der Waals surface area contributed by atoms with Crippen LogP contribution in [0.15, 0.2) is 85.6 Å². The van der Waals surface area contributed by atoms with Gasteiger partial charge in [0.2, 0.25) is 0 Å². The van der Waals surface area contributed by atoms with Gasteiger partial charge >= 0.3 is 0 Å². The molecule has 0 bridgehead atoms. The highest BCUT2D eigenvalue weighted by Gasteiger charge is 2.28. The van der Waals surface area contributed by atoms with Gasteiger partial charge in [-0.1, -0.05) is 36.4 Å². The summed E-state index contributed by atoms with van der Waals surface area (Å²) in [4.78, 5) is 20.4. The minimum Gasteiger partial charge on any atom is -0.342 e. The molecule has 1 aliphatic carbocycles. The zero-order valence-electron chi connectivity index (χ0n) is 18.6. The molecule has 0 radical (unpaired) electrons. The van der Waals surface area contributed by atoms with Crippen LogP contribution in [0.4, 0.5) is 5.82 Å². The van der Waals surface area contributed by atoms with E-state index >= 15 is 0 Å². The van der Waals surface area contributed by atoms with Crippen LogP contribution in [0.2, 0.25) is 0 Å². The first kappa shape index (κ1) is 21.2. The van der Waals surface area contributed by atoms with E-state index in [0.717, 1.165) is 50.4 Å². The number of pyridine rings is 2. The maximum absolute atomic E-state index is 4.76. The molecule has 5 rings (SSSR count). The quantitative estimate of drug-likeness (QED) is 0.434. The molecular weight excluding hydrogens is 408 g/mol. The average Bonchev–Trinajstić information content (AvgIpc) is 2.89. The minimum atomic E-state index is 0.200. The molecule has 4 aromatic rings. The Morgan fingerprint density at radius 2 is 1.70 bits per heavy atom. The Morgan fingerprint density at radius 3 is 2.52 bits per heavy atom. The fourth-order valence-electron chi connectivity index (χ4n) is 4.48. The summed E-state index contributed by atoms with van der Waals surface area (Å²) in [6, 6.07) is 19.3. The fourth-order valence-corrected chi connectivity index (χ4v) is 4.48. The van der Waals surface area contributed by atoms with Crippen molar-refractivity contribution in [3.05, 3.63) is 114 Å². The monoisotopic (exact) mass is 436 g/mol.